The minimum absolute atomic E-state index is 0.00746. The van der Waals surface area contributed by atoms with E-state index in [1.165, 1.54) is 21.6 Å². The number of piperidine rings is 1. The summed E-state index contributed by atoms with van der Waals surface area (Å²) in [6.07, 6.45) is 5.38. The predicted molar refractivity (Wildman–Crippen MR) is 121 cm³/mol. The highest BCUT2D eigenvalue weighted by Gasteiger charge is 2.55. The van der Waals surface area contributed by atoms with Gasteiger partial charge in [0.2, 0.25) is 0 Å². The van der Waals surface area contributed by atoms with Crippen LogP contribution >= 0.6 is 0 Å². The van der Waals surface area contributed by atoms with Gasteiger partial charge >= 0.3 is 6.03 Å². The Morgan fingerprint density at radius 1 is 1.13 bits per heavy atom. The smallest absolute Gasteiger partial charge is 0.325 e. The number of amides is 3. The van der Waals surface area contributed by atoms with Crippen molar-refractivity contribution in [3.63, 3.8) is 0 Å². The van der Waals surface area contributed by atoms with E-state index < -0.39 is 5.54 Å². The predicted octanol–water partition coefficient (Wildman–Crippen LogP) is 3.79. The number of hydrogen-bond acceptors (Lipinski definition) is 4. The van der Waals surface area contributed by atoms with Crippen molar-refractivity contribution in [2.45, 2.75) is 77.5 Å². The van der Waals surface area contributed by atoms with E-state index in [1.54, 1.807) is 0 Å². The maximum Gasteiger partial charge on any atom is 0.325 e. The van der Waals surface area contributed by atoms with Crippen molar-refractivity contribution in [2.24, 2.45) is 5.92 Å². The van der Waals surface area contributed by atoms with Gasteiger partial charge in [0.1, 0.15) is 5.54 Å². The number of carbonyl (C=O) groups excluding carboxylic acids is 2. The molecule has 6 heteroatoms. The van der Waals surface area contributed by atoms with Gasteiger partial charge in [-0.15, -0.1) is 0 Å². The zero-order valence-electron chi connectivity index (χ0n) is 19.3. The number of ether oxygens (including phenoxy) is 1. The Morgan fingerprint density at radius 2 is 1.90 bits per heavy atom. The van der Waals surface area contributed by atoms with Gasteiger partial charge in [-0.2, -0.15) is 0 Å². The van der Waals surface area contributed by atoms with Crippen LogP contribution in [0.2, 0.25) is 0 Å². The van der Waals surface area contributed by atoms with Crippen molar-refractivity contribution in [1.82, 2.24) is 15.1 Å². The monoisotopic (exact) mass is 427 g/mol. The Hall–Kier alpha value is -1.92. The van der Waals surface area contributed by atoms with Crippen LogP contribution in [-0.2, 0) is 16.1 Å². The molecule has 4 rings (SSSR count). The molecule has 3 saturated heterocycles. The number of aryl methyl sites for hydroxylation is 2. The molecule has 1 aromatic carbocycles. The molecule has 3 heterocycles. The SMILES string of the molecule is CCCC1(C2CCN(Cc3ccc(C)c(C)c3)CC2)NC(=O)N(CC2CCCO2)C1=O. The summed E-state index contributed by atoms with van der Waals surface area (Å²) in [4.78, 5) is 30.2. The lowest BCUT2D eigenvalue weighted by Gasteiger charge is -2.41. The van der Waals surface area contributed by atoms with Crippen LogP contribution in [0.4, 0.5) is 4.79 Å². The second-order valence-electron chi connectivity index (χ2n) is 9.67. The third kappa shape index (κ3) is 4.51. The standard InChI is InChI=1S/C25H37N3O3/c1-4-11-25(23(29)28(24(30)26-25)17-22-6-5-14-31-22)21-9-12-27(13-10-21)16-20-8-7-18(2)19(3)15-20/h7-8,15,21-22H,4-6,9-14,16-17H2,1-3H3,(H,26,30). The molecule has 6 nitrogen and oxygen atoms in total. The van der Waals surface area contributed by atoms with Crippen LogP contribution < -0.4 is 5.32 Å². The van der Waals surface area contributed by atoms with Crippen LogP contribution in [0.15, 0.2) is 18.2 Å². The van der Waals surface area contributed by atoms with E-state index in [9.17, 15) is 9.59 Å². The fraction of sp³-hybridized carbons (Fsp3) is 0.680. The number of urea groups is 1. The number of carbonyl (C=O) groups is 2. The lowest BCUT2D eigenvalue weighted by atomic mass is 9.74. The highest BCUT2D eigenvalue weighted by atomic mass is 16.5. The molecule has 3 aliphatic heterocycles. The first kappa shape index (κ1) is 22.3. The average molecular weight is 428 g/mol. The summed E-state index contributed by atoms with van der Waals surface area (Å²) in [7, 11) is 0. The van der Waals surface area contributed by atoms with Gasteiger partial charge in [-0.25, -0.2) is 4.79 Å². The molecular weight excluding hydrogens is 390 g/mol. The number of likely N-dealkylation sites (tertiary alicyclic amines) is 1. The summed E-state index contributed by atoms with van der Waals surface area (Å²) in [6.45, 7) is 10.4. The maximum absolute atomic E-state index is 13.5. The van der Waals surface area contributed by atoms with E-state index in [0.29, 0.717) is 13.0 Å². The molecule has 0 radical (unpaired) electrons. The molecule has 2 unspecified atom stereocenters. The van der Waals surface area contributed by atoms with Crippen LogP contribution in [0.3, 0.4) is 0 Å². The molecule has 31 heavy (non-hydrogen) atoms. The van der Waals surface area contributed by atoms with Crippen molar-refractivity contribution in [3.05, 3.63) is 34.9 Å². The Labute approximate surface area is 186 Å². The molecule has 3 aliphatic rings. The van der Waals surface area contributed by atoms with Gasteiger partial charge in [-0.1, -0.05) is 31.5 Å². The molecule has 0 bridgehead atoms. The van der Waals surface area contributed by atoms with Gasteiger partial charge in [0.05, 0.1) is 12.6 Å². The van der Waals surface area contributed by atoms with Crippen molar-refractivity contribution in [3.8, 4) is 0 Å². The fourth-order valence-electron chi connectivity index (χ4n) is 5.59. The molecular formula is C25H37N3O3. The first-order valence-corrected chi connectivity index (χ1v) is 12.0. The van der Waals surface area contributed by atoms with E-state index in [-0.39, 0.29) is 24.0 Å². The summed E-state index contributed by atoms with van der Waals surface area (Å²) >= 11 is 0. The van der Waals surface area contributed by atoms with Crippen LogP contribution in [0, 0.1) is 19.8 Å². The molecule has 2 atom stereocenters. The Bertz CT molecular complexity index is 812. The molecule has 0 aliphatic carbocycles. The molecule has 3 fully saturated rings. The second kappa shape index (κ2) is 9.29. The van der Waals surface area contributed by atoms with E-state index in [2.05, 4.69) is 49.2 Å². The van der Waals surface area contributed by atoms with Crippen LogP contribution in [0.1, 0.15) is 62.1 Å². The maximum atomic E-state index is 13.5. The molecule has 3 amide bonds. The number of nitrogens with one attached hydrogen (secondary N) is 1. The lowest BCUT2D eigenvalue weighted by molar-refractivity contribution is -0.135. The zero-order chi connectivity index (χ0) is 22.0. The van der Waals surface area contributed by atoms with Crippen molar-refractivity contribution >= 4 is 11.9 Å². The highest BCUT2D eigenvalue weighted by molar-refractivity contribution is 6.07. The van der Waals surface area contributed by atoms with Gasteiger partial charge in [0.15, 0.2) is 0 Å². The highest BCUT2D eigenvalue weighted by Crippen LogP contribution is 2.37. The first-order valence-electron chi connectivity index (χ1n) is 12.0. The average Bonchev–Trinajstić information content (AvgIpc) is 3.35. The molecule has 1 aromatic rings. The molecule has 170 valence electrons. The van der Waals surface area contributed by atoms with E-state index in [0.717, 1.165) is 58.3 Å². The van der Waals surface area contributed by atoms with Gasteiger partial charge < -0.3 is 10.1 Å². The van der Waals surface area contributed by atoms with Crippen molar-refractivity contribution in [1.29, 1.82) is 0 Å². The lowest BCUT2D eigenvalue weighted by Crippen LogP contribution is -2.56. The second-order valence-corrected chi connectivity index (χ2v) is 9.67. The number of hydrogen-bond donors (Lipinski definition) is 1. The van der Waals surface area contributed by atoms with E-state index in [4.69, 9.17) is 4.74 Å². The molecule has 0 aromatic heterocycles. The number of rotatable bonds is 7. The van der Waals surface area contributed by atoms with Crippen LogP contribution in [0.5, 0.6) is 0 Å². The summed E-state index contributed by atoms with van der Waals surface area (Å²) in [5.41, 5.74) is 3.27. The van der Waals surface area contributed by atoms with Crippen molar-refractivity contribution in [2.75, 3.05) is 26.2 Å². The van der Waals surface area contributed by atoms with E-state index in [1.807, 2.05) is 0 Å². The van der Waals surface area contributed by atoms with Gasteiger partial charge in [0, 0.05) is 13.2 Å². The normalized spacial score (nSPS) is 27.8. The Morgan fingerprint density at radius 3 is 2.55 bits per heavy atom. The third-order valence-electron chi connectivity index (χ3n) is 7.52. The largest absolute Gasteiger partial charge is 0.376 e. The quantitative estimate of drug-likeness (QED) is 0.673. The van der Waals surface area contributed by atoms with Gasteiger partial charge in [0.25, 0.3) is 5.91 Å². The Kier molecular flexibility index (Phi) is 6.68. The fourth-order valence-corrected chi connectivity index (χ4v) is 5.59. The number of imide groups is 1. The molecule has 1 N–H and O–H groups in total. The minimum Gasteiger partial charge on any atom is -0.376 e. The van der Waals surface area contributed by atoms with Crippen LogP contribution in [0.25, 0.3) is 0 Å². The summed E-state index contributed by atoms with van der Waals surface area (Å²) in [6, 6.07) is 6.47. The zero-order valence-corrected chi connectivity index (χ0v) is 19.3. The number of benzene rings is 1. The molecule has 0 spiro atoms. The Balaban J connectivity index is 1.41. The van der Waals surface area contributed by atoms with Crippen molar-refractivity contribution < 1.29 is 14.3 Å². The first-order chi connectivity index (χ1) is 14.9. The van der Waals surface area contributed by atoms with Gasteiger partial charge in [-0.3, -0.25) is 14.6 Å². The topological polar surface area (TPSA) is 61.9 Å². The molecule has 0 saturated carbocycles. The van der Waals surface area contributed by atoms with E-state index >= 15 is 0 Å². The van der Waals surface area contributed by atoms with Crippen LogP contribution in [-0.4, -0.2) is 59.6 Å². The number of nitrogens with zero attached hydrogens (tertiary/aromatic N) is 2. The third-order valence-corrected chi connectivity index (χ3v) is 7.52. The summed E-state index contributed by atoms with van der Waals surface area (Å²) in [5, 5.41) is 3.15. The van der Waals surface area contributed by atoms with Gasteiger partial charge in [-0.05, 0) is 81.6 Å². The summed E-state index contributed by atoms with van der Waals surface area (Å²) in [5.74, 6) is 0.164. The minimum atomic E-state index is -0.739. The summed E-state index contributed by atoms with van der Waals surface area (Å²) < 4.78 is 5.69.